The van der Waals surface area contributed by atoms with E-state index in [9.17, 15) is 22.8 Å². The lowest BCUT2D eigenvalue weighted by Gasteiger charge is -2.24. The Morgan fingerprint density at radius 3 is 2.46 bits per heavy atom. The molecule has 14 heteroatoms. The Labute approximate surface area is 216 Å². The second-order valence-corrected chi connectivity index (χ2v) is 11.2. The molecule has 3 atom stereocenters. The molecular weight excluding hydrogens is 502 g/mol. The number of aromatic nitrogens is 3. The van der Waals surface area contributed by atoms with Crippen molar-refractivity contribution in [1.82, 2.24) is 35.4 Å². The number of amides is 3. The Morgan fingerprint density at radius 2 is 1.84 bits per heavy atom. The van der Waals surface area contributed by atoms with Gasteiger partial charge in [-0.25, -0.2) is 13.4 Å². The van der Waals surface area contributed by atoms with Crippen molar-refractivity contribution in [3.8, 4) is 0 Å². The van der Waals surface area contributed by atoms with Crippen LogP contribution in [-0.4, -0.2) is 59.5 Å². The van der Waals surface area contributed by atoms with Gasteiger partial charge in [0.25, 0.3) is 5.91 Å². The molecule has 3 rings (SSSR count). The third-order valence-corrected chi connectivity index (χ3v) is 7.89. The standard InChI is InChI=1S/C23H35N7O6S/c1-12(2)18-23-28-19(15(5)36-23)22(33)26-13(3)20(31)24-10-8-7-9-16(21(32)27-18)29-37(34,35)17-11-25-30(6)14(17)4/h11-13,16,18,29H,7-10H2,1-6H3,(H,24,31)(H,26,33)(H,27,32)/t13-,16+,18+/m1/s1. The van der Waals surface area contributed by atoms with Gasteiger partial charge in [0.15, 0.2) is 5.69 Å². The lowest BCUT2D eigenvalue weighted by Crippen LogP contribution is -2.48. The molecule has 0 saturated heterocycles. The monoisotopic (exact) mass is 537 g/mol. The van der Waals surface area contributed by atoms with Crippen LogP contribution in [0.25, 0.3) is 0 Å². The third kappa shape index (κ3) is 6.55. The number of nitrogens with one attached hydrogen (secondary N) is 4. The largest absolute Gasteiger partial charge is 0.443 e. The highest BCUT2D eigenvalue weighted by atomic mass is 32.2. The molecule has 3 amide bonds. The van der Waals surface area contributed by atoms with E-state index in [1.807, 2.05) is 13.8 Å². The molecule has 204 valence electrons. The van der Waals surface area contributed by atoms with E-state index in [-0.39, 0.29) is 40.5 Å². The summed E-state index contributed by atoms with van der Waals surface area (Å²) in [6.45, 7) is 8.73. The number of oxazole rings is 1. The predicted octanol–water partition coefficient (Wildman–Crippen LogP) is 0.604. The number of aryl methyl sites for hydroxylation is 2. The van der Waals surface area contributed by atoms with Crippen molar-refractivity contribution in [3.63, 3.8) is 0 Å². The van der Waals surface area contributed by atoms with E-state index in [0.717, 1.165) is 0 Å². The van der Waals surface area contributed by atoms with Crippen LogP contribution in [0.5, 0.6) is 0 Å². The number of hydrogen-bond acceptors (Lipinski definition) is 8. The maximum atomic E-state index is 13.4. The van der Waals surface area contributed by atoms with Crippen molar-refractivity contribution >= 4 is 27.7 Å². The van der Waals surface area contributed by atoms with E-state index in [1.165, 1.54) is 10.9 Å². The number of sulfonamides is 1. The normalized spacial score (nSPS) is 22.5. The number of rotatable bonds is 4. The van der Waals surface area contributed by atoms with Crippen molar-refractivity contribution < 1.29 is 27.2 Å². The first-order valence-electron chi connectivity index (χ1n) is 12.2. The second kappa shape index (κ2) is 11.4. The van der Waals surface area contributed by atoms with Gasteiger partial charge in [-0.05, 0) is 46.0 Å². The molecular formula is C23H35N7O6S. The van der Waals surface area contributed by atoms with Gasteiger partial charge in [0.1, 0.15) is 28.8 Å². The molecule has 0 aromatic carbocycles. The smallest absolute Gasteiger partial charge is 0.274 e. The SMILES string of the molecule is Cc1oc2nc1C(=O)N[C@H](C)C(=O)NCCCC[C@H](NS(=O)(=O)c1cnn(C)c1C)C(=O)N[C@H]2C(C)C. The highest BCUT2D eigenvalue weighted by molar-refractivity contribution is 7.89. The summed E-state index contributed by atoms with van der Waals surface area (Å²) < 4.78 is 36.0. The summed E-state index contributed by atoms with van der Waals surface area (Å²) in [5, 5.41) is 12.2. The minimum absolute atomic E-state index is 0.00551. The first-order chi connectivity index (χ1) is 17.3. The average Bonchev–Trinajstić information content (AvgIpc) is 3.37. The Kier molecular flexibility index (Phi) is 8.74. The van der Waals surface area contributed by atoms with Gasteiger partial charge in [-0.3, -0.25) is 19.1 Å². The first kappa shape index (κ1) is 28.3. The van der Waals surface area contributed by atoms with Crippen molar-refractivity contribution in [2.75, 3.05) is 6.54 Å². The fraction of sp³-hybridized carbons (Fsp3) is 0.609. The summed E-state index contributed by atoms with van der Waals surface area (Å²) in [7, 11) is -2.43. The van der Waals surface area contributed by atoms with E-state index < -0.39 is 40.0 Å². The maximum Gasteiger partial charge on any atom is 0.274 e. The summed E-state index contributed by atoms with van der Waals surface area (Å²) in [5.41, 5.74) is 0.435. The molecule has 3 heterocycles. The Morgan fingerprint density at radius 1 is 1.14 bits per heavy atom. The third-order valence-electron chi connectivity index (χ3n) is 6.31. The molecule has 1 aliphatic rings. The fourth-order valence-corrected chi connectivity index (χ4v) is 5.37. The zero-order valence-electron chi connectivity index (χ0n) is 21.9. The van der Waals surface area contributed by atoms with Gasteiger partial charge < -0.3 is 20.4 Å². The summed E-state index contributed by atoms with van der Waals surface area (Å²) >= 11 is 0. The van der Waals surface area contributed by atoms with Crippen LogP contribution in [0.4, 0.5) is 0 Å². The lowest BCUT2D eigenvalue weighted by molar-refractivity contribution is -0.124. The topological polar surface area (TPSA) is 177 Å². The number of hydrogen-bond donors (Lipinski definition) is 4. The van der Waals surface area contributed by atoms with Crippen LogP contribution in [0.3, 0.4) is 0 Å². The van der Waals surface area contributed by atoms with Crippen molar-refractivity contribution in [1.29, 1.82) is 0 Å². The summed E-state index contributed by atoms with van der Waals surface area (Å²) in [4.78, 5) is 42.8. The van der Waals surface area contributed by atoms with E-state index in [4.69, 9.17) is 4.42 Å². The van der Waals surface area contributed by atoms with E-state index in [0.29, 0.717) is 25.1 Å². The Balaban J connectivity index is 1.95. The molecule has 0 saturated carbocycles. The van der Waals surface area contributed by atoms with Crippen molar-refractivity contribution in [2.45, 2.75) is 76.9 Å². The van der Waals surface area contributed by atoms with Gasteiger partial charge in [0.2, 0.25) is 27.7 Å². The highest BCUT2D eigenvalue weighted by Crippen LogP contribution is 2.24. The molecule has 2 aromatic rings. The van der Waals surface area contributed by atoms with Crippen molar-refractivity contribution in [3.05, 3.63) is 29.2 Å². The van der Waals surface area contributed by atoms with Crippen LogP contribution in [0, 0.1) is 19.8 Å². The molecule has 0 radical (unpaired) electrons. The number of nitrogens with zero attached hydrogens (tertiary/aromatic N) is 3. The summed E-state index contributed by atoms with van der Waals surface area (Å²) in [6, 6.07) is -2.64. The van der Waals surface area contributed by atoms with Crippen LogP contribution < -0.4 is 20.7 Å². The first-order valence-corrected chi connectivity index (χ1v) is 13.7. The molecule has 13 nitrogen and oxygen atoms in total. The molecule has 37 heavy (non-hydrogen) atoms. The van der Waals surface area contributed by atoms with Gasteiger partial charge in [0, 0.05) is 13.6 Å². The molecule has 0 unspecified atom stereocenters. The second-order valence-electron chi connectivity index (χ2n) is 9.56. The Bertz CT molecular complexity index is 1270. The van der Waals surface area contributed by atoms with Crippen molar-refractivity contribution in [2.24, 2.45) is 13.0 Å². The zero-order chi connectivity index (χ0) is 27.5. The predicted molar refractivity (Wildman–Crippen MR) is 133 cm³/mol. The number of carbonyl (C=O) groups is 3. The van der Waals surface area contributed by atoms with E-state index in [1.54, 1.807) is 27.8 Å². The minimum atomic E-state index is -4.06. The fourth-order valence-electron chi connectivity index (χ4n) is 3.93. The molecule has 2 aromatic heterocycles. The maximum absolute atomic E-state index is 13.4. The van der Waals surface area contributed by atoms with E-state index in [2.05, 4.69) is 30.8 Å². The molecule has 4 N–H and O–H groups in total. The summed E-state index contributed by atoms with van der Waals surface area (Å²) in [6.07, 6.45) is 2.37. The van der Waals surface area contributed by atoms with Crippen LogP contribution in [-0.2, 0) is 26.7 Å². The van der Waals surface area contributed by atoms with Crippen LogP contribution in [0.1, 0.15) is 73.9 Å². The van der Waals surface area contributed by atoms with E-state index >= 15 is 0 Å². The highest BCUT2D eigenvalue weighted by Gasteiger charge is 2.33. The Hall–Kier alpha value is -3.26. The number of fused-ring (bicyclic) bond motifs is 2. The average molecular weight is 538 g/mol. The minimum Gasteiger partial charge on any atom is -0.443 e. The lowest BCUT2D eigenvalue weighted by atomic mass is 10.0. The van der Waals surface area contributed by atoms with Crippen LogP contribution >= 0.6 is 0 Å². The zero-order valence-corrected chi connectivity index (χ0v) is 22.7. The van der Waals surface area contributed by atoms with Gasteiger partial charge in [-0.2, -0.15) is 9.82 Å². The molecule has 0 aliphatic carbocycles. The quantitative estimate of drug-likeness (QED) is 0.438. The molecule has 0 fully saturated rings. The number of carbonyl (C=O) groups excluding carboxylic acids is 3. The molecule has 0 spiro atoms. The van der Waals surface area contributed by atoms with Gasteiger partial charge in [0.05, 0.1) is 11.9 Å². The van der Waals surface area contributed by atoms with Gasteiger partial charge >= 0.3 is 0 Å². The summed E-state index contributed by atoms with van der Waals surface area (Å²) in [5.74, 6) is -1.36. The molecule has 1 aliphatic heterocycles. The molecule has 2 bridgehead atoms. The van der Waals surface area contributed by atoms with Gasteiger partial charge in [-0.1, -0.05) is 13.8 Å². The van der Waals surface area contributed by atoms with Crippen LogP contribution in [0.2, 0.25) is 0 Å². The van der Waals surface area contributed by atoms with Gasteiger partial charge in [-0.15, -0.1) is 0 Å². The van der Waals surface area contributed by atoms with Crippen LogP contribution in [0.15, 0.2) is 15.5 Å².